The van der Waals surface area contributed by atoms with Gasteiger partial charge in [0.25, 0.3) is 0 Å². The molecule has 1 saturated carbocycles. The summed E-state index contributed by atoms with van der Waals surface area (Å²) >= 11 is 0. The van der Waals surface area contributed by atoms with Gasteiger partial charge in [0.2, 0.25) is 0 Å². The molecule has 0 spiro atoms. The SMILES string of the molecule is CC1(C)CC(C(NC(=O)OCc2ccccc2)C(=O)O)C1. The van der Waals surface area contributed by atoms with E-state index in [1.807, 2.05) is 30.3 Å². The number of hydrogen-bond acceptors (Lipinski definition) is 3. The molecule has 5 heteroatoms. The Bertz CT molecular complexity index is 504. The number of rotatable bonds is 5. The molecule has 1 aromatic rings. The standard InChI is InChI=1S/C16H21NO4/c1-16(2)8-12(9-16)13(14(18)19)17-15(20)21-10-11-6-4-3-5-7-11/h3-7,12-13H,8-10H2,1-2H3,(H,17,20)(H,18,19). The largest absolute Gasteiger partial charge is 0.480 e. The lowest BCUT2D eigenvalue weighted by Gasteiger charge is -2.45. The number of aliphatic carboxylic acids is 1. The average molecular weight is 291 g/mol. The molecule has 0 aromatic heterocycles. The zero-order chi connectivity index (χ0) is 15.5. The van der Waals surface area contributed by atoms with Crippen LogP contribution in [0.15, 0.2) is 30.3 Å². The molecular weight excluding hydrogens is 270 g/mol. The molecular formula is C16H21NO4. The smallest absolute Gasteiger partial charge is 0.408 e. The number of amides is 1. The second kappa shape index (κ2) is 6.16. The molecule has 1 fully saturated rings. The maximum absolute atomic E-state index is 11.7. The molecule has 21 heavy (non-hydrogen) atoms. The molecule has 2 N–H and O–H groups in total. The van der Waals surface area contributed by atoms with Gasteiger partial charge in [0, 0.05) is 0 Å². The molecule has 1 unspecified atom stereocenters. The molecule has 0 bridgehead atoms. The monoisotopic (exact) mass is 291 g/mol. The minimum absolute atomic E-state index is 0.0261. The zero-order valence-electron chi connectivity index (χ0n) is 12.3. The highest BCUT2D eigenvalue weighted by Gasteiger charge is 2.44. The Morgan fingerprint density at radius 2 is 1.95 bits per heavy atom. The maximum atomic E-state index is 11.7. The van der Waals surface area contributed by atoms with Gasteiger partial charge >= 0.3 is 12.1 Å². The van der Waals surface area contributed by atoms with Crippen LogP contribution in [0.4, 0.5) is 4.79 Å². The predicted molar refractivity (Wildman–Crippen MR) is 77.7 cm³/mol. The average Bonchev–Trinajstić information content (AvgIpc) is 2.40. The Balaban J connectivity index is 1.83. The Labute approximate surface area is 124 Å². The van der Waals surface area contributed by atoms with Crippen LogP contribution >= 0.6 is 0 Å². The molecule has 2 rings (SSSR count). The first-order valence-electron chi connectivity index (χ1n) is 7.07. The van der Waals surface area contributed by atoms with Crippen LogP contribution in [0.1, 0.15) is 32.3 Å². The molecule has 5 nitrogen and oxygen atoms in total. The first kappa shape index (κ1) is 15.4. The van der Waals surface area contributed by atoms with Crippen molar-refractivity contribution in [3.8, 4) is 0 Å². The summed E-state index contributed by atoms with van der Waals surface area (Å²) < 4.78 is 5.07. The van der Waals surface area contributed by atoms with E-state index in [0.717, 1.165) is 18.4 Å². The van der Waals surface area contributed by atoms with Crippen LogP contribution in [0.5, 0.6) is 0 Å². The van der Waals surface area contributed by atoms with Gasteiger partial charge < -0.3 is 15.2 Å². The summed E-state index contributed by atoms with van der Waals surface area (Å²) in [4.78, 5) is 23.0. The summed E-state index contributed by atoms with van der Waals surface area (Å²) in [7, 11) is 0. The van der Waals surface area contributed by atoms with Crippen LogP contribution < -0.4 is 5.32 Å². The lowest BCUT2D eigenvalue weighted by atomic mass is 9.62. The van der Waals surface area contributed by atoms with Gasteiger partial charge in [0.05, 0.1) is 0 Å². The van der Waals surface area contributed by atoms with Gasteiger partial charge in [0.15, 0.2) is 0 Å². The highest BCUT2D eigenvalue weighted by atomic mass is 16.5. The van der Waals surface area contributed by atoms with E-state index >= 15 is 0 Å². The highest BCUT2D eigenvalue weighted by molar-refractivity contribution is 5.80. The molecule has 0 heterocycles. The van der Waals surface area contributed by atoms with Crippen LogP contribution in [-0.2, 0) is 16.1 Å². The summed E-state index contributed by atoms with van der Waals surface area (Å²) in [6.45, 7) is 4.32. The first-order chi connectivity index (χ1) is 9.87. The Kier molecular flexibility index (Phi) is 4.50. The number of hydrogen-bond donors (Lipinski definition) is 2. The van der Waals surface area contributed by atoms with Gasteiger partial charge in [-0.2, -0.15) is 0 Å². The second-order valence-corrected chi connectivity index (χ2v) is 6.35. The Morgan fingerprint density at radius 3 is 2.48 bits per heavy atom. The number of nitrogens with one attached hydrogen (secondary N) is 1. The van der Waals surface area contributed by atoms with Crippen molar-refractivity contribution < 1.29 is 19.4 Å². The highest BCUT2D eigenvalue weighted by Crippen LogP contribution is 2.46. The van der Waals surface area contributed by atoms with Gasteiger partial charge in [-0.1, -0.05) is 44.2 Å². The number of benzene rings is 1. The molecule has 0 aliphatic heterocycles. The molecule has 0 radical (unpaired) electrons. The van der Waals surface area contributed by atoms with E-state index in [2.05, 4.69) is 19.2 Å². The summed E-state index contributed by atoms with van der Waals surface area (Å²) in [5.74, 6) is -1.03. The lowest BCUT2D eigenvalue weighted by molar-refractivity contribution is -0.143. The van der Waals surface area contributed by atoms with Crippen molar-refractivity contribution in [2.75, 3.05) is 0 Å². The van der Waals surface area contributed by atoms with Gasteiger partial charge in [0.1, 0.15) is 12.6 Å². The molecule has 1 amide bonds. The van der Waals surface area contributed by atoms with E-state index in [0.29, 0.717) is 0 Å². The van der Waals surface area contributed by atoms with E-state index in [1.54, 1.807) is 0 Å². The number of carbonyl (C=O) groups excluding carboxylic acids is 1. The van der Waals surface area contributed by atoms with E-state index < -0.39 is 18.1 Å². The number of carboxylic acid groups (broad SMARTS) is 1. The fourth-order valence-corrected chi connectivity index (χ4v) is 2.87. The fourth-order valence-electron chi connectivity index (χ4n) is 2.87. The summed E-state index contributed by atoms with van der Waals surface area (Å²) in [6, 6.07) is 8.40. The van der Waals surface area contributed by atoms with Gasteiger partial charge in [-0.25, -0.2) is 9.59 Å². The van der Waals surface area contributed by atoms with Crippen LogP contribution in [0, 0.1) is 11.3 Å². The van der Waals surface area contributed by atoms with Crippen molar-refractivity contribution in [2.24, 2.45) is 11.3 Å². The van der Waals surface area contributed by atoms with E-state index in [9.17, 15) is 14.7 Å². The fraction of sp³-hybridized carbons (Fsp3) is 0.500. The lowest BCUT2D eigenvalue weighted by Crippen LogP contribution is -2.52. The second-order valence-electron chi connectivity index (χ2n) is 6.35. The van der Waals surface area contributed by atoms with Crippen LogP contribution in [0.2, 0.25) is 0 Å². The van der Waals surface area contributed by atoms with Crippen molar-refractivity contribution in [1.82, 2.24) is 5.32 Å². The van der Waals surface area contributed by atoms with Crippen LogP contribution in [0.25, 0.3) is 0 Å². The van der Waals surface area contributed by atoms with Gasteiger partial charge in [-0.3, -0.25) is 0 Å². The number of carboxylic acids is 1. The predicted octanol–water partition coefficient (Wildman–Crippen LogP) is 2.80. The number of alkyl carbamates (subject to hydrolysis) is 1. The van der Waals surface area contributed by atoms with E-state index in [-0.39, 0.29) is 17.9 Å². The molecule has 1 atom stereocenters. The molecule has 0 saturated heterocycles. The first-order valence-corrected chi connectivity index (χ1v) is 7.07. The maximum Gasteiger partial charge on any atom is 0.408 e. The Morgan fingerprint density at radius 1 is 1.33 bits per heavy atom. The van der Waals surface area contributed by atoms with E-state index in [4.69, 9.17) is 4.74 Å². The minimum Gasteiger partial charge on any atom is -0.480 e. The normalized spacial score (nSPS) is 18.4. The molecule has 1 aromatic carbocycles. The van der Waals surface area contributed by atoms with Crippen LogP contribution in [-0.4, -0.2) is 23.2 Å². The molecule has 1 aliphatic rings. The Hall–Kier alpha value is -2.04. The van der Waals surface area contributed by atoms with E-state index in [1.165, 1.54) is 0 Å². The van der Waals surface area contributed by atoms with Crippen molar-refractivity contribution in [3.05, 3.63) is 35.9 Å². The third kappa shape index (κ3) is 4.21. The third-order valence-electron chi connectivity index (χ3n) is 3.85. The van der Waals surface area contributed by atoms with Crippen molar-refractivity contribution in [2.45, 2.75) is 39.3 Å². The van der Waals surface area contributed by atoms with Crippen molar-refractivity contribution >= 4 is 12.1 Å². The molecule has 1 aliphatic carbocycles. The summed E-state index contributed by atoms with van der Waals surface area (Å²) in [5.41, 5.74) is 1.03. The zero-order valence-corrected chi connectivity index (χ0v) is 12.3. The van der Waals surface area contributed by atoms with Crippen LogP contribution in [0.3, 0.4) is 0 Å². The summed E-state index contributed by atoms with van der Waals surface area (Å²) in [6.07, 6.45) is 0.905. The third-order valence-corrected chi connectivity index (χ3v) is 3.85. The van der Waals surface area contributed by atoms with Crippen molar-refractivity contribution in [1.29, 1.82) is 0 Å². The number of carbonyl (C=O) groups is 2. The minimum atomic E-state index is -1.01. The number of ether oxygens (including phenoxy) is 1. The topological polar surface area (TPSA) is 75.6 Å². The molecule has 114 valence electrons. The summed E-state index contributed by atoms with van der Waals surface area (Å²) in [5, 5.41) is 11.7. The van der Waals surface area contributed by atoms with Crippen molar-refractivity contribution in [3.63, 3.8) is 0 Å². The van der Waals surface area contributed by atoms with Gasteiger partial charge in [-0.05, 0) is 29.7 Å². The van der Waals surface area contributed by atoms with Gasteiger partial charge in [-0.15, -0.1) is 0 Å². The quantitative estimate of drug-likeness (QED) is 0.874.